The molecule has 0 radical (unpaired) electrons. The molecule has 3 unspecified atom stereocenters. The van der Waals surface area contributed by atoms with E-state index in [4.69, 9.17) is 0 Å². The fraction of sp³-hybridized carbons (Fsp3) is 0.429. The Morgan fingerprint density at radius 3 is 1.97 bits per heavy atom. The third-order valence-corrected chi connectivity index (χ3v) is 14.0. The molecule has 164 valence electrons. The lowest BCUT2D eigenvalue weighted by molar-refractivity contribution is 0.404. The zero-order valence-corrected chi connectivity index (χ0v) is 21.7. The zero-order chi connectivity index (χ0) is 22.1. The monoisotopic (exact) mass is 447 g/mol. The van der Waals surface area contributed by atoms with Crippen LogP contribution in [-0.4, -0.2) is 19.4 Å². The summed E-state index contributed by atoms with van der Waals surface area (Å²) >= 11 is 0. The maximum absolute atomic E-state index is 4.10. The van der Waals surface area contributed by atoms with Crippen LogP contribution in [0.15, 0.2) is 85.0 Å². The first-order valence-electron chi connectivity index (χ1n) is 11.7. The summed E-state index contributed by atoms with van der Waals surface area (Å²) in [5.74, 6) is 0. The standard InChI is InChI=1S/C28H38NPSi/c1-27(2,3)29-31(4,5)25-21-26(28(22-25)19-13-8-14-20-28)30(23-15-9-6-10-16-23)24-17-11-7-12-18-24/h6-19,25-26,29H,20-22H2,1-5H3. The molecule has 3 heteroatoms. The van der Waals surface area contributed by atoms with Gasteiger partial charge in [0.05, 0.1) is 0 Å². The lowest BCUT2D eigenvalue weighted by Gasteiger charge is -2.39. The van der Waals surface area contributed by atoms with Gasteiger partial charge in [0.1, 0.15) is 8.24 Å². The van der Waals surface area contributed by atoms with Gasteiger partial charge >= 0.3 is 0 Å². The maximum Gasteiger partial charge on any atom is 0.123 e. The minimum absolute atomic E-state index is 0.173. The quantitative estimate of drug-likeness (QED) is 0.395. The first kappa shape index (κ1) is 22.7. The van der Waals surface area contributed by atoms with Crippen LogP contribution in [0.2, 0.25) is 18.6 Å². The van der Waals surface area contributed by atoms with E-state index in [2.05, 4.69) is 124 Å². The SMILES string of the molecule is CC(C)(C)N[Si](C)(C)C1CC(P(c2ccccc2)c2ccccc2)C2(C=CC=CC2)C1. The molecule has 0 saturated heterocycles. The normalized spacial score (nSPS) is 26.1. The number of hydrogen-bond donors (Lipinski definition) is 1. The summed E-state index contributed by atoms with van der Waals surface area (Å²) in [6.45, 7) is 12.1. The van der Waals surface area contributed by atoms with Crippen molar-refractivity contribution in [2.24, 2.45) is 5.41 Å². The molecule has 0 bridgehead atoms. The third kappa shape index (κ3) is 4.97. The molecular weight excluding hydrogens is 409 g/mol. The van der Waals surface area contributed by atoms with Crippen LogP contribution in [0.3, 0.4) is 0 Å². The minimum atomic E-state index is -1.60. The van der Waals surface area contributed by atoms with E-state index in [-0.39, 0.29) is 11.0 Å². The summed E-state index contributed by atoms with van der Waals surface area (Å²) in [6, 6.07) is 22.7. The number of benzene rings is 2. The Labute approximate surface area is 191 Å². The summed E-state index contributed by atoms with van der Waals surface area (Å²) < 4.78 is 0. The summed E-state index contributed by atoms with van der Waals surface area (Å²) in [7, 11) is -2.02. The van der Waals surface area contributed by atoms with Crippen molar-refractivity contribution in [3.8, 4) is 0 Å². The van der Waals surface area contributed by atoms with Crippen molar-refractivity contribution in [2.45, 2.75) is 69.9 Å². The Balaban J connectivity index is 1.77. The molecule has 2 aliphatic carbocycles. The highest BCUT2D eigenvalue weighted by Gasteiger charge is 2.53. The molecule has 3 atom stereocenters. The second kappa shape index (κ2) is 8.81. The van der Waals surface area contributed by atoms with E-state index in [0.717, 1.165) is 5.54 Å². The number of nitrogens with one attached hydrogen (secondary N) is 1. The molecule has 0 aromatic heterocycles. The fourth-order valence-corrected chi connectivity index (χ4v) is 13.3. The van der Waals surface area contributed by atoms with E-state index in [1.165, 1.54) is 29.9 Å². The molecule has 0 amide bonds. The second-order valence-electron chi connectivity index (χ2n) is 11.0. The van der Waals surface area contributed by atoms with Crippen LogP contribution < -0.4 is 15.6 Å². The van der Waals surface area contributed by atoms with Gasteiger partial charge in [0.15, 0.2) is 0 Å². The largest absolute Gasteiger partial charge is 0.332 e. The predicted octanol–water partition coefficient (Wildman–Crippen LogP) is 6.75. The van der Waals surface area contributed by atoms with Gasteiger partial charge in [0.2, 0.25) is 0 Å². The predicted molar refractivity (Wildman–Crippen MR) is 142 cm³/mol. The molecule has 2 aliphatic rings. The molecule has 2 aromatic carbocycles. The van der Waals surface area contributed by atoms with Gasteiger partial charge in [-0.1, -0.05) is 98.1 Å². The van der Waals surface area contributed by atoms with Gasteiger partial charge < -0.3 is 4.98 Å². The molecule has 1 nitrogen and oxygen atoms in total. The highest BCUT2D eigenvalue weighted by Crippen LogP contribution is 2.63. The van der Waals surface area contributed by atoms with Crippen molar-refractivity contribution in [3.63, 3.8) is 0 Å². The van der Waals surface area contributed by atoms with Crippen molar-refractivity contribution in [2.75, 3.05) is 0 Å². The average molecular weight is 448 g/mol. The Hall–Kier alpha value is -1.47. The smallest absolute Gasteiger partial charge is 0.123 e. The second-order valence-corrected chi connectivity index (χ2v) is 17.9. The molecule has 1 fully saturated rings. The topological polar surface area (TPSA) is 12.0 Å². The van der Waals surface area contributed by atoms with Crippen molar-refractivity contribution >= 4 is 26.8 Å². The molecule has 0 heterocycles. The van der Waals surface area contributed by atoms with Crippen molar-refractivity contribution in [3.05, 3.63) is 85.0 Å². The third-order valence-electron chi connectivity index (χ3n) is 7.07. The summed E-state index contributed by atoms with van der Waals surface area (Å²) in [4.78, 5) is 4.10. The van der Waals surface area contributed by atoms with Gasteiger partial charge in [-0.15, -0.1) is 0 Å². The van der Waals surface area contributed by atoms with E-state index >= 15 is 0 Å². The van der Waals surface area contributed by atoms with Gasteiger partial charge in [0.25, 0.3) is 0 Å². The first-order chi connectivity index (χ1) is 14.7. The van der Waals surface area contributed by atoms with Crippen LogP contribution in [0, 0.1) is 5.41 Å². The Kier molecular flexibility index (Phi) is 6.46. The first-order valence-corrected chi connectivity index (χ1v) is 16.2. The van der Waals surface area contributed by atoms with Crippen LogP contribution in [0.5, 0.6) is 0 Å². The van der Waals surface area contributed by atoms with E-state index in [1.807, 2.05) is 0 Å². The summed E-state index contributed by atoms with van der Waals surface area (Å²) in [6.07, 6.45) is 13.4. The van der Waals surface area contributed by atoms with Crippen molar-refractivity contribution in [1.82, 2.24) is 4.98 Å². The van der Waals surface area contributed by atoms with Gasteiger partial charge in [-0.3, -0.25) is 0 Å². The van der Waals surface area contributed by atoms with Crippen molar-refractivity contribution in [1.29, 1.82) is 0 Å². The van der Waals surface area contributed by atoms with E-state index in [1.54, 1.807) is 0 Å². The highest BCUT2D eigenvalue weighted by molar-refractivity contribution is 7.73. The number of hydrogen-bond acceptors (Lipinski definition) is 1. The van der Waals surface area contributed by atoms with Crippen LogP contribution in [0.1, 0.15) is 40.0 Å². The molecule has 1 N–H and O–H groups in total. The van der Waals surface area contributed by atoms with Gasteiger partial charge in [-0.25, -0.2) is 0 Å². The summed E-state index contributed by atoms with van der Waals surface area (Å²) in [5.41, 5.74) is 1.91. The molecule has 0 aliphatic heterocycles. The van der Waals surface area contributed by atoms with E-state index < -0.39 is 16.2 Å². The molecule has 1 spiro atoms. The zero-order valence-electron chi connectivity index (χ0n) is 19.8. The fourth-order valence-electron chi connectivity index (χ4n) is 5.93. The van der Waals surface area contributed by atoms with E-state index in [0.29, 0.717) is 5.66 Å². The molecular formula is C28H38NPSi. The number of rotatable bonds is 5. The number of allylic oxidation sites excluding steroid dienone is 4. The summed E-state index contributed by atoms with van der Waals surface area (Å²) in [5, 5.41) is 3.06. The van der Waals surface area contributed by atoms with Gasteiger partial charge in [-0.2, -0.15) is 0 Å². The van der Waals surface area contributed by atoms with Crippen LogP contribution in [0.25, 0.3) is 0 Å². The van der Waals surface area contributed by atoms with Gasteiger partial charge in [0, 0.05) is 5.54 Å². The molecule has 2 aromatic rings. The lowest BCUT2D eigenvalue weighted by atomic mass is 9.80. The van der Waals surface area contributed by atoms with E-state index in [9.17, 15) is 0 Å². The van der Waals surface area contributed by atoms with Crippen molar-refractivity contribution < 1.29 is 0 Å². The van der Waals surface area contributed by atoms with Crippen LogP contribution in [-0.2, 0) is 0 Å². The molecule has 1 saturated carbocycles. The minimum Gasteiger partial charge on any atom is -0.332 e. The highest BCUT2D eigenvalue weighted by atomic mass is 31.1. The Morgan fingerprint density at radius 2 is 1.48 bits per heavy atom. The van der Waals surface area contributed by atoms with Crippen LogP contribution >= 0.6 is 7.92 Å². The van der Waals surface area contributed by atoms with Gasteiger partial charge in [-0.05, 0) is 75.2 Å². The van der Waals surface area contributed by atoms with Crippen LogP contribution in [0.4, 0.5) is 0 Å². The molecule has 31 heavy (non-hydrogen) atoms. The average Bonchev–Trinajstić information content (AvgIpc) is 3.08. The Morgan fingerprint density at radius 1 is 0.903 bits per heavy atom. The maximum atomic E-state index is 4.10. The lowest BCUT2D eigenvalue weighted by Crippen LogP contribution is -2.56. The molecule has 4 rings (SSSR count). The Bertz CT molecular complexity index is 889.